The number of alkyl halides is 3. The van der Waals surface area contributed by atoms with Gasteiger partial charge in [0.05, 0.1) is 14.2 Å². The molecule has 0 aliphatic carbocycles. The van der Waals surface area contributed by atoms with Crippen molar-refractivity contribution in [3.05, 3.63) is 35.4 Å². The van der Waals surface area contributed by atoms with Crippen LogP contribution in [0.4, 0.5) is 13.2 Å². The third-order valence-electron chi connectivity index (χ3n) is 3.14. The van der Waals surface area contributed by atoms with E-state index in [1.165, 1.54) is 20.3 Å². The van der Waals surface area contributed by atoms with Gasteiger partial charge in [-0.1, -0.05) is 24.4 Å². The topological polar surface area (TPSA) is 21.7 Å². The van der Waals surface area contributed by atoms with Crippen molar-refractivity contribution in [2.45, 2.75) is 6.18 Å². The molecule has 0 amide bonds. The number of nitrogens with zero attached hydrogens (tertiary/aromatic N) is 1. The van der Waals surface area contributed by atoms with E-state index in [0.29, 0.717) is 23.6 Å². The van der Waals surface area contributed by atoms with E-state index in [4.69, 9.17) is 21.7 Å². The van der Waals surface area contributed by atoms with Gasteiger partial charge in [-0.2, -0.15) is 13.2 Å². The molecular formula is C14H14F3NO2S. The van der Waals surface area contributed by atoms with E-state index in [2.05, 4.69) is 0 Å². The van der Waals surface area contributed by atoms with Crippen molar-refractivity contribution in [2.75, 3.05) is 27.3 Å². The van der Waals surface area contributed by atoms with E-state index in [0.717, 1.165) is 6.07 Å². The highest BCUT2D eigenvalue weighted by atomic mass is 32.1. The number of benzene rings is 1. The molecule has 0 spiro atoms. The van der Waals surface area contributed by atoms with Crippen molar-refractivity contribution >= 4 is 17.2 Å². The van der Waals surface area contributed by atoms with Crippen LogP contribution in [0.15, 0.2) is 24.3 Å². The summed E-state index contributed by atoms with van der Waals surface area (Å²) < 4.78 is 49.3. The van der Waals surface area contributed by atoms with Gasteiger partial charge in [0.1, 0.15) is 10.6 Å². The minimum atomic E-state index is -4.55. The second-order valence-electron chi connectivity index (χ2n) is 4.44. The highest BCUT2D eigenvalue weighted by Crippen LogP contribution is 2.42. The van der Waals surface area contributed by atoms with E-state index in [1.807, 2.05) is 12.2 Å². The Morgan fingerprint density at radius 1 is 1.14 bits per heavy atom. The average molecular weight is 317 g/mol. The normalized spacial score (nSPS) is 14.4. The summed E-state index contributed by atoms with van der Waals surface area (Å²) in [7, 11) is 2.47. The van der Waals surface area contributed by atoms with Crippen LogP contribution < -0.4 is 9.47 Å². The lowest BCUT2D eigenvalue weighted by Gasteiger charge is -2.22. The quantitative estimate of drug-likeness (QED) is 0.630. The first-order valence-corrected chi connectivity index (χ1v) is 6.56. The summed E-state index contributed by atoms with van der Waals surface area (Å²) in [6.45, 7) is 1.18. The maximum absolute atomic E-state index is 13.2. The summed E-state index contributed by atoms with van der Waals surface area (Å²) >= 11 is 5.27. The molecule has 0 unspecified atom stereocenters. The third kappa shape index (κ3) is 3.12. The number of rotatable bonds is 3. The monoisotopic (exact) mass is 317 g/mol. The molecule has 0 N–H and O–H groups in total. The Bertz CT molecular complexity index is 576. The Balaban J connectivity index is 2.50. The lowest BCUT2D eigenvalue weighted by Crippen LogP contribution is -2.27. The molecular weight excluding hydrogens is 303 g/mol. The predicted molar refractivity (Wildman–Crippen MR) is 77.0 cm³/mol. The van der Waals surface area contributed by atoms with Gasteiger partial charge >= 0.3 is 6.18 Å². The van der Waals surface area contributed by atoms with Crippen LogP contribution in [0.3, 0.4) is 0 Å². The van der Waals surface area contributed by atoms with Gasteiger partial charge in [0.15, 0.2) is 11.5 Å². The Morgan fingerprint density at radius 3 is 2.24 bits per heavy atom. The fourth-order valence-electron chi connectivity index (χ4n) is 2.12. The molecule has 1 aliphatic rings. The van der Waals surface area contributed by atoms with Crippen LogP contribution in [0, 0.1) is 0 Å². The number of hydrogen-bond donors (Lipinski definition) is 0. The fourth-order valence-corrected chi connectivity index (χ4v) is 2.39. The standard InChI is InChI=1S/C14H14F3NO2S/c1-19-11-8-9(13(21)18-5-3-4-6-18)7-10(12(11)20-2)14(15,16)17/h3-4,7-8H,5-6H2,1-2H3. The van der Waals surface area contributed by atoms with Gasteiger partial charge in [-0.15, -0.1) is 0 Å². The summed E-state index contributed by atoms with van der Waals surface area (Å²) in [5, 5.41) is 0. The van der Waals surface area contributed by atoms with Crippen molar-refractivity contribution in [3.63, 3.8) is 0 Å². The molecule has 1 heterocycles. The van der Waals surface area contributed by atoms with Crippen molar-refractivity contribution in [3.8, 4) is 11.5 Å². The van der Waals surface area contributed by atoms with Crippen molar-refractivity contribution in [2.24, 2.45) is 0 Å². The van der Waals surface area contributed by atoms with Gasteiger partial charge in [-0.25, -0.2) is 0 Å². The molecule has 3 nitrogen and oxygen atoms in total. The molecule has 0 fully saturated rings. The molecule has 2 rings (SSSR count). The molecule has 21 heavy (non-hydrogen) atoms. The highest BCUT2D eigenvalue weighted by molar-refractivity contribution is 7.80. The SMILES string of the molecule is COc1cc(C(=S)N2CC=CC2)cc(C(F)(F)F)c1OC. The number of halogens is 3. The van der Waals surface area contributed by atoms with E-state index in [-0.39, 0.29) is 11.5 Å². The predicted octanol–water partition coefficient (Wildman–Crippen LogP) is 3.27. The minimum Gasteiger partial charge on any atom is -0.493 e. The smallest absolute Gasteiger partial charge is 0.420 e. The third-order valence-corrected chi connectivity index (χ3v) is 3.63. The van der Waals surface area contributed by atoms with Gasteiger partial charge in [0.25, 0.3) is 0 Å². The maximum Gasteiger partial charge on any atom is 0.420 e. The van der Waals surface area contributed by atoms with E-state index < -0.39 is 11.7 Å². The van der Waals surface area contributed by atoms with Crippen LogP contribution >= 0.6 is 12.2 Å². The summed E-state index contributed by atoms with van der Waals surface area (Å²) in [6, 6.07) is 2.47. The largest absolute Gasteiger partial charge is 0.493 e. The lowest BCUT2D eigenvalue weighted by molar-refractivity contribution is -0.138. The Morgan fingerprint density at radius 2 is 1.76 bits per heavy atom. The molecule has 0 saturated carbocycles. The molecule has 0 radical (unpaired) electrons. The van der Waals surface area contributed by atoms with Crippen LogP contribution in [0.25, 0.3) is 0 Å². The zero-order valence-corrected chi connectivity index (χ0v) is 12.3. The maximum atomic E-state index is 13.2. The van der Waals surface area contributed by atoms with E-state index in [9.17, 15) is 13.2 Å². The van der Waals surface area contributed by atoms with E-state index in [1.54, 1.807) is 4.90 Å². The number of ether oxygens (including phenoxy) is 2. The summed E-state index contributed by atoms with van der Waals surface area (Å²) in [5.74, 6) is -0.326. The Hall–Kier alpha value is -1.76. The van der Waals surface area contributed by atoms with Crippen LogP contribution in [0.2, 0.25) is 0 Å². The zero-order chi connectivity index (χ0) is 15.6. The Kier molecular flexibility index (Phi) is 4.41. The first-order chi connectivity index (χ1) is 9.88. The second kappa shape index (κ2) is 5.93. The molecule has 0 saturated heterocycles. The van der Waals surface area contributed by atoms with Gasteiger partial charge in [0.2, 0.25) is 0 Å². The van der Waals surface area contributed by atoms with Crippen molar-refractivity contribution in [1.29, 1.82) is 0 Å². The van der Waals surface area contributed by atoms with Gasteiger partial charge < -0.3 is 14.4 Å². The molecule has 1 aromatic rings. The highest BCUT2D eigenvalue weighted by Gasteiger charge is 2.37. The minimum absolute atomic E-state index is 0.0110. The lowest BCUT2D eigenvalue weighted by atomic mass is 10.1. The summed E-state index contributed by atoms with van der Waals surface area (Å²) in [6.07, 6.45) is -0.719. The molecule has 114 valence electrons. The van der Waals surface area contributed by atoms with Crippen LogP contribution in [-0.4, -0.2) is 37.2 Å². The molecule has 0 aromatic heterocycles. The van der Waals surface area contributed by atoms with Gasteiger partial charge in [-0.05, 0) is 12.1 Å². The Labute approximate surface area is 125 Å². The first kappa shape index (κ1) is 15.6. The molecule has 1 aromatic carbocycles. The molecule has 0 atom stereocenters. The zero-order valence-electron chi connectivity index (χ0n) is 11.5. The van der Waals surface area contributed by atoms with Crippen molar-refractivity contribution in [1.82, 2.24) is 4.90 Å². The van der Waals surface area contributed by atoms with Crippen LogP contribution in [0.1, 0.15) is 11.1 Å². The first-order valence-electron chi connectivity index (χ1n) is 6.16. The van der Waals surface area contributed by atoms with E-state index >= 15 is 0 Å². The number of thiocarbonyl (C=S) groups is 1. The average Bonchev–Trinajstić information content (AvgIpc) is 2.98. The van der Waals surface area contributed by atoms with Gasteiger partial charge in [0, 0.05) is 18.7 Å². The summed E-state index contributed by atoms with van der Waals surface area (Å²) in [5.41, 5.74) is -0.604. The molecule has 1 aliphatic heterocycles. The van der Waals surface area contributed by atoms with Crippen LogP contribution in [0.5, 0.6) is 11.5 Å². The number of methoxy groups -OCH3 is 2. The van der Waals surface area contributed by atoms with Crippen molar-refractivity contribution < 1.29 is 22.6 Å². The fraction of sp³-hybridized carbons (Fsp3) is 0.357. The second-order valence-corrected chi connectivity index (χ2v) is 4.83. The summed E-state index contributed by atoms with van der Waals surface area (Å²) in [4.78, 5) is 2.16. The molecule has 0 bridgehead atoms. The van der Waals surface area contributed by atoms with Gasteiger partial charge in [-0.3, -0.25) is 0 Å². The van der Waals surface area contributed by atoms with Crippen LogP contribution in [-0.2, 0) is 6.18 Å². The molecule has 7 heteroatoms. The number of hydrogen-bond acceptors (Lipinski definition) is 3.